The second-order valence-corrected chi connectivity index (χ2v) is 7.56. The Bertz CT molecular complexity index is 479. The fourth-order valence-electron chi connectivity index (χ4n) is 2.90. The van der Waals surface area contributed by atoms with E-state index < -0.39 is 29.6 Å². The van der Waals surface area contributed by atoms with Crippen LogP contribution in [0.15, 0.2) is 12.4 Å². The Labute approximate surface area is 219 Å². The molecule has 0 saturated carbocycles. The van der Waals surface area contributed by atoms with Crippen molar-refractivity contribution in [1.29, 1.82) is 0 Å². The van der Waals surface area contributed by atoms with Gasteiger partial charge < -0.3 is 44.8 Å². The van der Waals surface area contributed by atoms with E-state index >= 15 is 0 Å². The van der Waals surface area contributed by atoms with E-state index in [0.29, 0.717) is 0 Å². The monoisotopic (exact) mass is 548 g/mol. The number of rotatable bonds is 14. The summed E-state index contributed by atoms with van der Waals surface area (Å²) in [6.07, 6.45) is 21.7. The van der Waals surface area contributed by atoms with E-state index in [4.69, 9.17) is 40.2 Å². The number of nitrogens with zero attached hydrogens (tertiary/aromatic N) is 2. The van der Waals surface area contributed by atoms with Crippen molar-refractivity contribution in [2.75, 3.05) is 0 Å². The summed E-state index contributed by atoms with van der Waals surface area (Å²) in [6.45, 7) is 5.72. The predicted octanol–water partition coefficient (Wildman–Crippen LogP) is 1.85. The van der Waals surface area contributed by atoms with Crippen LogP contribution >= 0.6 is 0 Å². The third-order valence-electron chi connectivity index (χ3n) is 4.31. The number of hydrogen-bond donors (Lipinski definition) is 8. The van der Waals surface area contributed by atoms with Crippen molar-refractivity contribution in [3.63, 3.8) is 0 Å². The van der Waals surface area contributed by atoms with Gasteiger partial charge in [0.15, 0.2) is 0 Å². The average Bonchev–Trinajstić information content (AvgIpc) is 3.19. The highest BCUT2D eigenvalue weighted by atomic mass is 19.1. The first kappa shape index (κ1) is 42.9. The first-order valence-corrected chi connectivity index (χ1v) is 12.3. The zero-order valence-corrected chi connectivity index (χ0v) is 21.8. The molecule has 0 aliphatic rings. The molecular weight excluding hydrogens is 503 g/mol. The van der Waals surface area contributed by atoms with Gasteiger partial charge in [-0.3, -0.25) is 17.3 Å². The van der Waals surface area contributed by atoms with E-state index in [0.717, 1.165) is 13.0 Å². The fraction of sp³-hybridized carbons (Fsp3) is 0.842. The van der Waals surface area contributed by atoms with Crippen LogP contribution in [0.1, 0.15) is 96.7 Å². The highest BCUT2D eigenvalue weighted by Crippen LogP contribution is 2.11. The minimum atomic E-state index is -2.67. The van der Waals surface area contributed by atoms with Crippen molar-refractivity contribution < 1.29 is 57.5 Å². The lowest BCUT2D eigenvalue weighted by molar-refractivity contribution is 0.338. The molecule has 0 fully saturated rings. The average molecular weight is 548 g/mol. The highest BCUT2D eigenvalue weighted by Gasteiger charge is 2.03. The molecule has 218 valence electrons. The number of unbranched alkanes of at least 4 members (excludes halogenated alkanes) is 10. The fourth-order valence-corrected chi connectivity index (χ4v) is 2.90. The molecule has 0 aromatic carbocycles. The molecular formula is C19H44B4F4N2O8. The molecule has 0 aliphatic heterocycles. The van der Waals surface area contributed by atoms with Gasteiger partial charge in [0.1, 0.15) is 5.82 Å². The molecule has 0 saturated heterocycles. The molecule has 0 radical (unpaired) electrons. The van der Waals surface area contributed by atoms with Crippen molar-refractivity contribution in [3.8, 4) is 0 Å². The Morgan fingerprint density at radius 3 is 1.30 bits per heavy atom. The van der Waals surface area contributed by atoms with E-state index in [1.165, 1.54) is 82.9 Å². The van der Waals surface area contributed by atoms with Gasteiger partial charge in [-0.25, -0.2) is 4.98 Å². The molecule has 18 heteroatoms. The molecule has 0 spiro atoms. The van der Waals surface area contributed by atoms with Crippen LogP contribution in [0.25, 0.3) is 0 Å². The van der Waals surface area contributed by atoms with Gasteiger partial charge in [0.05, 0.1) is 0 Å². The number of aromatic nitrogens is 2. The minimum Gasteiger partial charge on any atom is -0.398 e. The molecule has 0 bridgehead atoms. The van der Waals surface area contributed by atoms with E-state index in [1.807, 2.05) is 6.20 Å². The van der Waals surface area contributed by atoms with Gasteiger partial charge in [-0.1, -0.05) is 78.1 Å². The van der Waals surface area contributed by atoms with Crippen LogP contribution in [0.4, 0.5) is 17.3 Å². The Morgan fingerprint density at radius 1 is 0.595 bits per heavy atom. The summed E-state index contributed by atoms with van der Waals surface area (Å²) >= 11 is 0. The summed E-state index contributed by atoms with van der Waals surface area (Å²) in [4.78, 5) is 4.54. The predicted molar refractivity (Wildman–Crippen MR) is 138 cm³/mol. The lowest BCUT2D eigenvalue weighted by Gasteiger charge is -2.08. The first-order valence-electron chi connectivity index (χ1n) is 12.3. The van der Waals surface area contributed by atoms with Gasteiger partial charge >= 0.3 is 29.6 Å². The molecule has 1 aromatic rings. The van der Waals surface area contributed by atoms with Crippen molar-refractivity contribution in [2.45, 2.75) is 104 Å². The van der Waals surface area contributed by atoms with Crippen LogP contribution in [-0.2, 0) is 13.0 Å². The van der Waals surface area contributed by atoms with Crippen LogP contribution in [-0.4, -0.2) is 79.3 Å². The topological polar surface area (TPSA) is 180 Å². The summed E-state index contributed by atoms with van der Waals surface area (Å²) < 4.78 is 42.8. The second-order valence-electron chi connectivity index (χ2n) is 7.56. The Hall–Kier alpha value is -1.13. The molecule has 0 atom stereocenters. The number of aryl methyl sites for hydroxylation is 2. The van der Waals surface area contributed by atoms with E-state index in [1.54, 1.807) is 0 Å². The van der Waals surface area contributed by atoms with Crippen molar-refractivity contribution in [3.05, 3.63) is 18.2 Å². The molecule has 1 rings (SSSR count). The quantitative estimate of drug-likeness (QED) is 0.0979. The summed E-state index contributed by atoms with van der Waals surface area (Å²) in [6, 6.07) is 0. The van der Waals surface area contributed by atoms with Gasteiger partial charge in [0.25, 0.3) is 0 Å². The smallest absolute Gasteiger partial charge is 0.398 e. The zero-order chi connectivity index (χ0) is 29.5. The molecule has 10 nitrogen and oxygen atoms in total. The summed E-state index contributed by atoms with van der Waals surface area (Å²) in [5.41, 5.74) is 0. The van der Waals surface area contributed by atoms with Gasteiger partial charge in [0.2, 0.25) is 0 Å². The third-order valence-corrected chi connectivity index (χ3v) is 4.31. The SMILES string of the molecule is CCCCCCCCc1nccn1CCCCCCCC.OB(O)F.OB(O)F.OB(O)F.OB(O)F. The maximum absolute atomic E-state index is 10.1. The van der Waals surface area contributed by atoms with Gasteiger partial charge in [-0.05, 0) is 12.8 Å². The Morgan fingerprint density at radius 2 is 0.919 bits per heavy atom. The first-order chi connectivity index (χ1) is 17.3. The third kappa shape index (κ3) is 60.9. The molecule has 0 amide bonds. The maximum atomic E-state index is 10.1. The number of hydrogen-bond acceptors (Lipinski definition) is 9. The maximum Gasteiger partial charge on any atom is 0.674 e. The molecule has 0 unspecified atom stereocenters. The Kier molecular flexibility index (Phi) is 40.5. The largest absolute Gasteiger partial charge is 0.674 e. The zero-order valence-electron chi connectivity index (χ0n) is 21.8. The summed E-state index contributed by atoms with van der Waals surface area (Å²) in [5, 5.41) is 55.6. The van der Waals surface area contributed by atoms with Gasteiger partial charge in [-0.2, -0.15) is 0 Å². The van der Waals surface area contributed by atoms with Crippen molar-refractivity contribution >= 4 is 29.6 Å². The highest BCUT2D eigenvalue weighted by molar-refractivity contribution is 6.32. The standard InChI is InChI=1S/C19H36N2.4BFH2O2/c1-3-5-7-9-11-13-15-19-20-16-18-21(19)17-14-12-10-8-6-4-2;4*2-1(3)4/h16,18H,3-15,17H2,1-2H3;4*3-4H. The lowest BCUT2D eigenvalue weighted by atomic mass is 10.1. The number of halogens is 4. The van der Waals surface area contributed by atoms with E-state index in [2.05, 4.69) is 29.6 Å². The van der Waals surface area contributed by atoms with Crippen molar-refractivity contribution in [1.82, 2.24) is 9.55 Å². The van der Waals surface area contributed by atoms with Gasteiger partial charge in [0, 0.05) is 25.4 Å². The lowest BCUT2D eigenvalue weighted by Crippen LogP contribution is -2.03. The molecule has 8 N–H and O–H groups in total. The summed E-state index contributed by atoms with van der Waals surface area (Å²) in [5.74, 6) is 1.30. The van der Waals surface area contributed by atoms with Crippen LogP contribution in [0, 0.1) is 0 Å². The summed E-state index contributed by atoms with van der Waals surface area (Å²) in [7, 11) is -10.7. The minimum absolute atomic E-state index is 1.16. The van der Waals surface area contributed by atoms with Crippen LogP contribution in [0.5, 0.6) is 0 Å². The second kappa shape index (κ2) is 34.9. The molecule has 0 aliphatic carbocycles. The Balaban J connectivity index is -0.000000277. The van der Waals surface area contributed by atoms with E-state index in [9.17, 15) is 17.3 Å². The van der Waals surface area contributed by atoms with Crippen LogP contribution in [0.2, 0.25) is 0 Å². The number of imidazole rings is 1. The normalized spacial score (nSPS) is 9.24. The van der Waals surface area contributed by atoms with Crippen LogP contribution in [0.3, 0.4) is 0 Å². The van der Waals surface area contributed by atoms with E-state index in [-0.39, 0.29) is 0 Å². The molecule has 1 heterocycles. The van der Waals surface area contributed by atoms with Gasteiger partial charge in [-0.15, -0.1) is 0 Å². The van der Waals surface area contributed by atoms with Crippen LogP contribution < -0.4 is 0 Å². The van der Waals surface area contributed by atoms with Crippen molar-refractivity contribution in [2.24, 2.45) is 0 Å². The molecule has 37 heavy (non-hydrogen) atoms. The molecule has 1 aromatic heterocycles.